The number of carbonyl (C=O) groups excluding carboxylic acids is 2. The number of nitrogens with one attached hydrogen (secondary N) is 1. The van der Waals surface area contributed by atoms with Crippen LogP contribution in [0.2, 0.25) is 10.0 Å². The minimum absolute atomic E-state index is 0.0553. The Morgan fingerprint density at radius 2 is 1.83 bits per heavy atom. The summed E-state index contributed by atoms with van der Waals surface area (Å²) in [5.74, 6) is -0.465. The van der Waals surface area contributed by atoms with Crippen molar-refractivity contribution in [2.45, 2.75) is 37.6 Å². The van der Waals surface area contributed by atoms with Crippen molar-refractivity contribution in [2.24, 2.45) is 0 Å². The van der Waals surface area contributed by atoms with Gasteiger partial charge in [0, 0.05) is 57.3 Å². The first-order chi connectivity index (χ1) is 17.3. The molecule has 2 aromatic carbocycles. The fourth-order valence-electron chi connectivity index (χ4n) is 5.15. The van der Waals surface area contributed by atoms with Gasteiger partial charge in [-0.15, -0.1) is 0 Å². The van der Waals surface area contributed by atoms with Crippen molar-refractivity contribution in [1.29, 1.82) is 0 Å². The lowest BCUT2D eigenvalue weighted by atomic mass is 9.93. The molecule has 2 heterocycles. The van der Waals surface area contributed by atoms with E-state index in [2.05, 4.69) is 10.2 Å². The minimum Gasteiger partial charge on any atom is -0.341 e. The molecule has 36 heavy (non-hydrogen) atoms. The number of hydrogen-bond donors (Lipinski definition) is 1. The molecule has 0 aliphatic carbocycles. The monoisotopic (exact) mass is 534 g/mol. The molecule has 6 nitrogen and oxygen atoms in total. The average Bonchev–Trinajstić information content (AvgIpc) is 2.89. The van der Waals surface area contributed by atoms with Crippen LogP contribution in [0.3, 0.4) is 0 Å². The van der Waals surface area contributed by atoms with Gasteiger partial charge in [0.05, 0.1) is 10.0 Å². The molecular weight excluding hydrogens is 502 g/mol. The van der Waals surface area contributed by atoms with Crippen LogP contribution in [0, 0.1) is 5.82 Å². The van der Waals surface area contributed by atoms with E-state index in [1.165, 1.54) is 24.3 Å². The highest BCUT2D eigenvalue weighted by Gasteiger charge is 2.30. The van der Waals surface area contributed by atoms with Gasteiger partial charge in [-0.1, -0.05) is 29.3 Å². The summed E-state index contributed by atoms with van der Waals surface area (Å²) in [6.45, 7) is 4.85. The van der Waals surface area contributed by atoms with Crippen molar-refractivity contribution >= 4 is 35.1 Å². The van der Waals surface area contributed by atoms with E-state index in [0.29, 0.717) is 28.2 Å². The molecule has 2 aromatic rings. The van der Waals surface area contributed by atoms with Gasteiger partial charge in [-0.05, 0) is 74.2 Å². The van der Waals surface area contributed by atoms with Gasteiger partial charge in [-0.2, -0.15) is 0 Å². The van der Waals surface area contributed by atoms with Gasteiger partial charge in [0.1, 0.15) is 5.82 Å². The summed E-state index contributed by atoms with van der Waals surface area (Å²) >= 11 is 12.5. The molecule has 2 fully saturated rings. The second-order valence-corrected chi connectivity index (χ2v) is 10.5. The zero-order valence-corrected chi connectivity index (χ0v) is 22.1. The summed E-state index contributed by atoms with van der Waals surface area (Å²) in [6.07, 6.45) is 3.77. The third-order valence-corrected chi connectivity index (χ3v) is 7.99. The second kappa shape index (κ2) is 12.3. The number of rotatable bonds is 8. The van der Waals surface area contributed by atoms with Gasteiger partial charge in [-0.3, -0.25) is 4.79 Å². The SMILES string of the molecule is CN(C[C@@H](CCN1CCC(N2CCCNC2=O)CC1)c1ccc(Cl)c(Cl)c1)C(=O)c1ccc(F)cc1. The van der Waals surface area contributed by atoms with Gasteiger partial charge in [0.2, 0.25) is 0 Å². The normalized spacial score (nSPS) is 18.1. The molecule has 0 spiro atoms. The van der Waals surface area contributed by atoms with Crippen LogP contribution in [0.15, 0.2) is 42.5 Å². The number of carbonyl (C=O) groups is 2. The molecular formula is C27H33Cl2FN4O2. The van der Waals surface area contributed by atoms with Gasteiger partial charge < -0.3 is 20.0 Å². The van der Waals surface area contributed by atoms with E-state index in [9.17, 15) is 14.0 Å². The molecule has 0 radical (unpaired) electrons. The fraction of sp³-hybridized carbons (Fsp3) is 0.481. The fourth-order valence-corrected chi connectivity index (χ4v) is 5.45. The molecule has 2 saturated heterocycles. The van der Waals surface area contributed by atoms with Crippen molar-refractivity contribution in [3.05, 3.63) is 69.5 Å². The summed E-state index contributed by atoms with van der Waals surface area (Å²) in [6, 6.07) is 11.6. The molecule has 0 saturated carbocycles. The Kier molecular flexibility index (Phi) is 9.09. The summed E-state index contributed by atoms with van der Waals surface area (Å²) in [5.41, 5.74) is 1.48. The van der Waals surface area contributed by atoms with E-state index < -0.39 is 0 Å². The van der Waals surface area contributed by atoms with Crippen LogP contribution >= 0.6 is 23.2 Å². The number of piperidine rings is 1. The number of nitrogens with zero attached hydrogens (tertiary/aromatic N) is 3. The van der Waals surface area contributed by atoms with Crippen molar-refractivity contribution in [3.63, 3.8) is 0 Å². The Morgan fingerprint density at radius 3 is 2.50 bits per heavy atom. The number of urea groups is 1. The molecule has 0 bridgehead atoms. The molecule has 4 rings (SSSR count). The molecule has 1 atom stereocenters. The molecule has 194 valence electrons. The van der Waals surface area contributed by atoms with Crippen LogP contribution in [0.1, 0.15) is 47.5 Å². The zero-order chi connectivity index (χ0) is 25.7. The van der Waals surface area contributed by atoms with Crippen LogP contribution in [-0.4, -0.2) is 79.0 Å². The van der Waals surface area contributed by atoms with Crippen LogP contribution in [0.4, 0.5) is 9.18 Å². The lowest BCUT2D eigenvalue weighted by molar-refractivity contribution is 0.0778. The predicted octanol–water partition coefficient (Wildman–Crippen LogP) is 5.26. The first-order valence-corrected chi connectivity index (χ1v) is 13.3. The topological polar surface area (TPSA) is 55.9 Å². The van der Waals surface area contributed by atoms with Crippen molar-refractivity contribution in [1.82, 2.24) is 20.0 Å². The summed E-state index contributed by atoms with van der Waals surface area (Å²) < 4.78 is 13.3. The van der Waals surface area contributed by atoms with Crippen molar-refractivity contribution in [2.75, 3.05) is 46.3 Å². The van der Waals surface area contributed by atoms with E-state index in [4.69, 9.17) is 23.2 Å². The third kappa shape index (κ3) is 6.69. The highest BCUT2D eigenvalue weighted by atomic mass is 35.5. The summed E-state index contributed by atoms with van der Waals surface area (Å²) in [5, 5.41) is 3.94. The van der Waals surface area contributed by atoms with Crippen molar-refractivity contribution in [3.8, 4) is 0 Å². The highest BCUT2D eigenvalue weighted by molar-refractivity contribution is 6.42. The van der Waals surface area contributed by atoms with Crippen molar-refractivity contribution < 1.29 is 14.0 Å². The Morgan fingerprint density at radius 1 is 1.11 bits per heavy atom. The quantitative estimate of drug-likeness (QED) is 0.502. The standard InChI is InChI=1S/C27H33Cl2FN4O2/c1-32(26(35)19-3-6-22(30)7-4-19)18-21(20-5-8-24(28)25(29)17-20)9-14-33-15-10-23(11-16-33)34-13-2-12-31-27(34)36/h3-8,17,21,23H,2,9-16,18H2,1H3,(H,31,36)/t21-/m1/s1. The molecule has 9 heteroatoms. The Labute approximate surface area is 222 Å². The summed E-state index contributed by atoms with van der Waals surface area (Å²) in [7, 11) is 1.77. The van der Waals surface area contributed by atoms with E-state index in [1.807, 2.05) is 17.0 Å². The van der Waals surface area contributed by atoms with Gasteiger partial charge >= 0.3 is 6.03 Å². The molecule has 2 aliphatic rings. The first-order valence-electron chi connectivity index (χ1n) is 12.5. The lowest BCUT2D eigenvalue weighted by Gasteiger charge is -2.40. The van der Waals surface area contributed by atoms with E-state index >= 15 is 0 Å². The van der Waals surface area contributed by atoms with Crippen LogP contribution < -0.4 is 5.32 Å². The molecule has 1 N–H and O–H groups in total. The maximum absolute atomic E-state index is 13.3. The van der Waals surface area contributed by atoms with Gasteiger partial charge in [-0.25, -0.2) is 9.18 Å². The smallest absolute Gasteiger partial charge is 0.317 e. The molecule has 3 amide bonds. The summed E-state index contributed by atoms with van der Waals surface area (Å²) in [4.78, 5) is 31.3. The number of halogens is 3. The number of likely N-dealkylation sites (N-methyl/N-ethyl adjacent to an activating group) is 1. The number of benzene rings is 2. The van der Waals surface area contributed by atoms with Crippen LogP contribution in [0.25, 0.3) is 0 Å². The van der Waals surface area contributed by atoms with E-state index in [-0.39, 0.29) is 23.7 Å². The van der Waals surface area contributed by atoms with Crippen LogP contribution in [-0.2, 0) is 0 Å². The number of amides is 3. The maximum atomic E-state index is 13.3. The Bertz CT molecular complexity index is 1060. The zero-order valence-electron chi connectivity index (χ0n) is 20.6. The first kappa shape index (κ1) is 26.7. The van der Waals surface area contributed by atoms with E-state index in [1.54, 1.807) is 18.0 Å². The number of hydrogen-bond acceptors (Lipinski definition) is 3. The second-order valence-electron chi connectivity index (χ2n) is 9.70. The Hall–Kier alpha value is -2.35. The Balaban J connectivity index is 1.38. The number of likely N-dealkylation sites (tertiary alicyclic amines) is 1. The third-order valence-electron chi connectivity index (χ3n) is 7.25. The average molecular weight is 535 g/mol. The van der Waals surface area contributed by atoms with Gasteiger partial charge in [0.25, 0.3) is 5.91 Å². The maximum Gasteiger partial charge on any atom is 0.317 e. The van der Waals surface area contributed by atoms with E-state index in [0.717, 1.165) is 64.0 Å². The van der Waals surface area contributed by atoms with Gasteiger partial charge in [0.15, 0.2) is 0 Å². The largest absolute Gasteiger partial charge is 0.341 e. The minimum atomic E-state index is -0.368. The molecule has 0 aromatic heterocycles. The lowest BCUT2D eigenvalue weighted by Crippen LogP contribution is -2.54. The molecule has 2 aliphatic heterocycles. The predicted molar refractivity (Wildman–Crippen MR) is 141 cm³/mol. The molecule has 0 unspecified atom stereocenters. The highest BCUT2D eigenvalue weighted by Crippen LogP contribution is 2.30. The van der Waals surface area contributed by atoms with Crippen LogP contribution in [0.5, 0.6) is 0 Å².